The Bertz CT molecular complexity index is 963. The summed E-state index contributed by atoms with van der Waals surface area (Å²) in [5.74, 6) is 1.99. The highest BCUT2D eigenvalue weighted by molar-refractivity contribution is 8.05. The van der Waals surface area contributed by atoms with Crippen molar-refractivity contribution in [1.82, 2.24) is 4.90 Å². The van der Waals surface area contributed by atoms with E-state index in [1.165, 1.54) is 19.3 Å². The molecule has 1 aliphatic heterocycles. The van der Waals surface area contributed by atoms with Gasteiger partial charge in [0.25, 0.3) is 5.91 Å². The van der Waals surface area contributed by atoms with Crippen LogP contribution in [0.3, 0.4) is 0 Å². The Hall–Kier alpha value is -2.60. The summed E-state index contributed by atoms with van der Waals surface area (Å²) in [7, 11) is 1.63. The zero-order valence-electron chi connectivity index (χ0n) is 19.0. The number of benzene rings is 2. The lowest BCUT2D eigenvalue weighted by atomic mass is 9.85. The van der Waals surface area contributed by atoms with E-state index >= 15 is 0 Å². The number of para-hydroxylation sites is 1. The van der Waals surface area contributed by atoms with E-state index in [-0.39, 0.29) is 17.4 Å². The fraction of sp³-hybridized carbons (Fsp3) is 0.423. The molecule has 5 nitrogen and oxygen atoms in total. The molecule has 1 unspecified atom stereocenters. The van der Waals surface area contributed by atoms with E-state index in [0.29, 0.717) is 24.0 Å². The topological polar surface area (TPSA) is 50.8 Å². The number of nitrogens with one attached hydrogen (secondary N) is 1. The van der Waals surface area contributed by atoms with E-state index in [1.807, 2.05) is 61.5 Å². The largest absolute Gasteiger partial charge is 0.493 e. The van der Waals surface area contributed by atoms with Crippen LogP contribution in [0, 0.1) is 5.92 Å². The predicted octanol–water partition coefficient (Wildman–Crippen LogP) is 5.98. The molecule has 1 heterocycles. The normalized spacial score (nSPS) is 24.6. The number of hydrogen-bond donors (Lipinski definition) is 1. The minimum Gasteiger partial charge on any atom is -0.493 e. The van der Waals surface area contributed by atoms with Gasteiger partial charge in [-0.15, -0.1) is 0 Å². The van der Waals surface area contributed by atoms with Gasteiger partial charge in [-0.05, 0) is 61.6 Å². The smallest absolute Gasteiger partial charge is 0.262 e. The Kier molecular flexibility index (Phi) is 7.30. The third kappa shape index (κ3) is 4.90. The molecule has 0 bridgehead atoms. The van der Waals surface area contributed by atoms with Crippen molar-refractivity contribution in [3.63, 3.8) is 0 Å². The van der Waals surface area contributed by atoms with Crippen LogP contribution in [0.15, 0.2) is 53.4 Å². The quantitative estimate of drug-likeness (QED) is 0.523. The summed E-state index contributed by atoms with van der Waals surface area (Å²) in [5, 5.41) is 3.59. The van der Waals surface area contributed by atoms with Crippen LogP contribution >= 0.6 is 11.8 Å². The maximum atomic E-state index is 13.6. The summed E-state index contributed by atoms with van der Waals surface area (Å²) in [4.78, 5) is 16.5. The molecule has 6 heteroatoms. The number of hydrogen-bond acceptors (Lipinski definition) is 5. The molecule has 2 aromatic rings. The Morgan fingerprint density at radius 3 is 2.62 bits per heavy atom. The number of amides is 1. The number of anilines is 1. The molecular formula is C26H32N2O3S. The number of ether oxygens (including phenoxy) is 2. The molecule has 2 aromatic carbocycles. The van der Waals surface area contributed by atoms with Crippen LogP contribution in [-0.4, -0.2) is 36.1 Å². The lowest BCUT2D eigenvalue weighted by molar-refractivity contribution is -0.129. The average molecular weight is 453 g/mol. The second-order valence-corrected chi connectivity index (χ2v) is 9.50. The number of carbonyl (C=O) groups is 1. The minimum atomic E-state index is -0.119. The lowest BCUT2D eigenvalue weighted by Gasteiger charge is -2.39. The van der Waals surface area contributed by atoms with E-state index in [2.05, 4.69) is 17.1 Å². The van der Waals surface area contributed by atoms with Gasteiger partial charge in [0, 0.05) is 11.7 Å². The number of rotatable bonds is 7. The lowest BCUT2D eigenvalue weighted by Crippen LogP contribution is -2.48. The minimum absolute atomic E-state index is 0.107. The van der Waals surface area contributed by atoms with Gasteiger partial charge in [0.05, 0.1) is 18.6 Å². The van der Waals surface area contributed by atoms with Gasteiger partial charge in [0.15, 0.2) is 17.0 Å². The van der Waals surface area contributed by atoms with E-state index < -0.39 is 0 Å². The monoisotopic (exact) mass is 452 g/mol. The second-order valence-electron chi connectivity index (χ2n) is 8.37. The number of methoxy groups -OCH3 is 1. The fourth-order valence-corrected chi connectivity index (χ4v) is 5.78. The molecule has 3 atom stereocenters. The van der Waals surface area contributed by atoms with Gasteiger partial charge in [-0.2, -0.15) is 0 Å². The molecule has 2 aliphatic rings. The Morgan fingerprint density at radius 1 is 1.12 bits per heavy atom. The Morgan fingerprint density at radius 2 is 1.91 bits per heavy atom. The standard InChI is InChI=1S/C26H32N2O3S/c1-4-31-23-16-19(14-15-22(23)30-3)17-24-25(29)28(21-13-9-8-10-18(21)2)26(32-24)27-20-11-6-5-7-12-20/h5-7,11-12,14-18,21,26-27H,4,8-10,13H2,1-3H3/b24-17-/t18-,21+,26?/m0/s1. The van der Waals surface area contributed by atoms with Gasteiger partial charge >= 0.3 is 0 Å². The van der Waals surface area contributed by atoms with Gasteiger partial charge in [-0.25, -0.2) is 0 Å². The van der Waals surface area contributed by atoms with E-state index in [0.717, 1.165) is 22.6 Å². The zero-order chi connectivity index (χ0) is 22.5. The summed E-state index contributed by atoms with van der Waals surface area (Å²) in [6.07, 6.45) is 6.63. The highest BCUT2D eigenvalue weighted by atomic mass is 32.2. The molecule has 0 radical (unpaired) electrons. The van der Waals surface area contributed by atoms with Crippen molar-refractivity contribution in [2.45, 2.75) is 51.1 Å². The summed E-state index contributed by atoms with van der Waals surface area (Å²) < 4.78 is 11.1. The first kappa shape index (κ1) is 22.6. The van der Waals surface area contributed by atoms with E-state index in [9.17, 15) is 4.79 Å². The van der Waals surface area contributed by atoms with Gasteiger partial charge in [-0.1, -0.05) is 55.8 Å². The van der Waals surface area contributed by atoms with Crippen LogP contribution in [-0.2, 0) is 4.79 Å². The number of thioether (sulfide) groups is 1. The van der Waals surface area contributed by atoms with Crippen molar-refractivity contribution in [2.24, 2.45) is 5.92 Å². The van der Waals surface area contributed by atoms with Crippen LogP contribution in [0.1, 0.15) is 45.1 Å². The van der Waals surface area contributed by atoms with Crippen LogP contribution in [0.25, 0.3) is 6.08 Å². The molecule has 1 amide bonds. The van der Waals surface area contributed by atoms with Crippen molar-refractivity contribution < 1.29 is 14.3 Å². The maximum Gasteiger partial charge on any atom is 0.262 e. The molecule has 1 N–H and O–H groups in total. The molecule has 2 fully saturated rings. The van der Waals surface area contributed by atoms with Crippen molar-refractivity contribution in [1.29, 1.82) is 0 Å². The van der Waals surface area contributed by atoms with Gasteiger partial charge in [0.2, 0.25) is 0 Å². The summed E-state index contributed by atoms with van der Waals surface area (Å²) in [5.41, 5.74) is 1.84. The SMILES string of the molecule is CCOc1cc(/C=C2\SC(Nc3ccccc3)N([C@@H]3CCCC[C@@H]3C)C2=O)ccc1OC. The number of carbonyl (C=O) groups excluding carboxylic acids is 1. The van der Waals surface area contributed by atoms with Crippen molar-refractivity contribution in [3.8, 4) is 11.5 Å². The first-order valence-corrected chi connectivity index (χ1v) is 12.3. The molecular weight excluding hydrogens is 420 g/mol. The third-order valence-electron chi connectivity index (χ3n) is 6.21. The van der Waals surface area contributed by atoms with Crippen LogP contribution in [0.2, 0.25) is 0 Å². The van der Waals surface area contributed by atoms with Crippen LogP contribution in [0.5, 0.6) is 11.5 Å². The summed E-state index contributed by atoms with van der Waals surface area (Å²) in [6, 6.07) is 16.2. The predicted molar refractivity (Wildman–Crippen MR) is 132 cm³/mol. The van der Waals surface area contributed by atoms with Crippen molar-refractivity contribution in [3.05, 3.63) is 59.0 Å². The molecule has 4 rings (SSSR count). The molecule has 1 saturated heterocycles. The van der Waals surface area contributed by atoms with Crippen molar-refractivity contribution >= 4 is 29.4 Å². The zero-order valence-corrected chi connectivity index (χ0v) is 19.9. The third-order valence-corrected chi connectivity index (χ3v) is 7.32. The van der Waals surface area contributed by atoms with Gasteiger partial charge in [0.1, 0.15) is 0 Å². The first-order chi connectivity index (χ1) is 15.6. The van der Waals surface area contributed by atoms with Crippen LogP contribution in [0.4, 0.5) is 5.69 Å². The summed E-state index contributed by atoms with van der Waals surface area (Å²) >= 11 is 1.60. The summed E-state index contributed by atoms with van der Waals surface area (Å²) in [6.45, 7) is 4.78. The first-order valence-electron chi connectivity index (χ1n) is 11.4. The Labute approximate surface area is 195 Å². The highest BCUT2D eigenvalue weighted by Crippen LogP contribution is 2.42. The van der Waals surface area contributed by atoms with Crippen LogP contribution < -0.4 is 14.8 Å². The molecule has 1 saturated carbocycles. The van der Waals surface area contributed by atoms with E-state index in [1.54, 1.807) is 18.9 Å². The van der Waals surface area contributed by atoms with Gasteiger partial charge in [-0.3, -0.25) is 4.79 Å². The number of nitrogens with zero attached hydrogens (tertiary/aromatic N) is 1. The van der Waals surface area contributed by atoms with Crippen molar-refractivity contribution in [2.75, 3.05) is 19.0 Å². The molecule has 1 aliphatic carbocycles. The maximum absolute atomic E-state index is 13.6. The molecule has 170 valence electrons. The van der Waals surface area contributed by atoms with E-state index in [4.69, 9.17) is 9.47 Å². The molecule has 32 heavy (non-hydrogen) atoms. The fourth-order valence-electron chi connectivity index (χ4n) is 4.57. The molecule has 0 spiro atoms. The average Bonchev–Trinajstić information content (AvgIpc) is 3.09. The Balaban J connectivity index is 1.64. The highest BCUT2D eigenvalue weighted by Gasteiger charge is 2.42. The van der Waals surface area contributed by atoms with Gasteiger partial charge < -0.3 is 19.7 Å². The second kappa shape index (κ2) is 10.3. The molecule has 0 aromatic heterocycles.